The third-order valence-corrected chi connectivity index (χ3v) is 13.8. The second-order valence-electron chi connectivity index (χ2n) is 19.5. The number of alkyl carbamates (subject to hydrolysis) is 1. The number of ether oxygens (including phenoxy) is 5. The number of thioether (sulfide) groups is 1. The van der Waals surface area contributed by atoms with Crippen LogP contribution in [0.2, 0.25) is 25.7 Å². The van der Waals surface area contributed by atoms with Crippen LogP contribution in [0.5, 0.6) is 0 Å². The normalized spacial score (nSPS) is 13.1. The number of benzene rings is 2. The molecule has 0 saturated carbocycles. The highest BCUT2D eigenvalue weighted by molar-refractivity contribution is 7.99. The molecular weight excluding hydrogens is 983 g/mol. The predicted octanol–water partition coefficient (Wildman–Crippen LogP) is 6.20. The van der Waals surface area contributed by atoms with E-state index in [0.717, 1.165) is 46.5 Å². The summed E-state index contributed by atoms with van der Waals surface area (Å²) in [7, 11) is -1.40. The average molecular weight is 1060 g/mol. The van der Waals surface area contributed by atoms with Gasteiger partial charge in [0.1, 0.15) is 18.2 Å². The van der Waals surface area contributed by atoms with Crippen molar-refractivity contribution in [2.75, 3.05) is 104 Å². The number of rotatable bonds is 34. The molecule has 0 fully saturated rings. The second-order valence-corrected chi connectivity index (χ2v) is 26.2. The maximum absolute atomic E-state index is 15.3. The monoisotopic (exact) mass is 1060 g/mol. The number of amides is 6. The Bertz CT molecular complexity index is 2260. The van der Waals surface area contributed by atoms with Gasteiger partial charge in [-0.15, -0.1) is 0 Å². The minimum atomic E-state index is -1.40. The summed E-state index contributed by atoms with van der Waals surface area (Å²) >= 11 is 1.34. The molecule has 3 N–H and O–H groups in total. The highest BCUT2D eigenvalue weighted by Gasteiger charge is 2.37. The lowest BCUT2D eigenvalue weighted by Crippen LogP contribution is -2.44. The number of nitrogens with one attached hydrogen (secondary N) is 3. The molecule has 0 saturated heterocycles. The molecule has 2 heterocycles. The van der Waals surface area contributed by atoms with Gasteiger partial charge in [0.2, 0.25) is 17.7 Å². The minimum absolute atomic E-state index is 0.0777. The van der Waals surface area contributed by atoms with Gasteiger partial charge in [-0.1, -0.05) is 70.7 Å². The second kappa shape index (κ2) is 31.3. The Morgan fingerprint density at radius 3 is 1.96 bits per heavy atom. The van der Waals surface area contributed by atoms with Gasteiger partial charge >= 0.3 is 6.09 Å². The van der Waals surface area contributed by atoms with Gasteiger partial charge in [0.15, 0.2) is 0 Å². The first-order chi connectivity index (χ1) is 34.8. The molecule has 1 aromatic heterocycles. The number of carbonyl (C=O) groups is 6. The van der Waals surface area contributed by atoms with Crippen molar-refractivity contribution in [1.82, 2.24) is 30.3 Å². The third-order valence-electron chi connectivity index (χ3n) is 11.2. The van der Waals surface area contributed by atoms with Crippen molar-refractivity contribution in [3.05, 3.63) is 95.8 Å². The Kier molecular flexibility index (Phi) is 25.8. The molecule has 0 aliphatic carbocycles. The number of aromatic nitrogens is 1. The lowest BCUT2D eigenvalue weighted by atomic mass is 9.83. The minimum Gasteiger partial charge on any atom is -0.450 e. The molecule has 0 spiro atoms. The number of hydrogen-bond donors (Lipinski definition) is 3. The van der Waals surface area contributed by atoms with E-state index in [2.05, 4.69) is 35.6 Å². The number of nitrogens with zero attached hydrogens (tertiary/aromatic N) is 3. The fourth-order valence-corrected chi connectivity index (χ4v) is 9.05. The highest BCUT2D eigenvalue weighted by Crippen LogP contribution is 2.41. The summed E-state index contributed by atoms with van der Waals surface area (Å²) in [5, 5.41) is 8.25. The zero-order valence-corrected chi connectivity index (χ0v) is 45.0. The van der Waals surface area contributed by atoms with Crippen molar-refractivity contribution in [3.63, 3.8) is 0 Å². The Labute approximate surface area is 433 Å². The molecule has 21 heteroatoms. The van der Waals surface area contributed by atoms with E-state index < -0.39 is 55.0 Å². The first-order valence-corrected chi connectivity index (χ1v) is 29.5. The molecule has 73 heavy (non-hydrogen) atoms. The summed E-state index contributed by atoms with van der Waals surface area (Å²) in [6.07, 6.45) is 4.13. The summed E-state index contributed by atoms with van der Waals surface area (Å²) in [5.74, 6) is -2.52. The van der Waals surface area contributed by atoms with Gasteiger partial charge in [-0.05, 0) is 47.7 Å². The Balaban J connectivity index is 1.21. The van der Waals surface area contributed by atoms with E-state index in [4.69, 9.17) is 23.7 Å². The van der Waals surface area contributed by atoms with Crippen LogP contribution < -0.4 is 16.0 Å². The van der Waals surface area contributed by atoms with Crippen LogP contribution in [0, 0.1) is 17.0 Å². The molecule has 0 radical (unpaired) electrons. The van der Waals surface area contributed by atoms with Crippen molar-refractivity contribution in [2.45, 2.75) is 71.9 Å². The summed E-state index contributed by atoms with van der Waals surface area (Å²) in [5.41, 5.74) is 1.75. The fourth-order valence-electron chi connectivity index (χ4n) is 7.52. The smallest absolute Gasteiger partial charge is 0.407 e. The van der Waals surface area contributed by atoms with E-state index in [1.54, 1.807) is 11.1 Å². The maximum Gasteiger partial charge on any atom is 0.407 e. The topological polar surface area (TPSA) is 196 Å². The van der Waals surface area contributed by atoms with E-state index in [1.165, 1.54) is 17.8 Å². The Morgan fingerprint density at radius 1 is 0.753 bits per heavy atom. The zero-order valence-electron chi connectivity index (χ0n) is 43.1. The molecule has 3 aromatic rings. The molecule has 1 atom stereocenters. The molecule has 6 amide bonds. The van der Waals surface area contributed by atoms with Crippen LogP contribution in [0.4, 0.5) is 13.6 Å². The van der Waals surface area contributed by atoms with Gasteiger partial charge in [0.25, 0.3) is 11.8 Å². The van der Waals surface area contributed by atoms with Gasteiger partial charge in [-0.2, -0.15) is 11.8 Å². The van der Waals surface area contributed by atoms with Crippen molar-refractivity contribution in [1.29, 1.82) is 0 Å². The van der Waals surface area contributed by atoms with Crippen LogP contribution in [0.3, 0.4) is 0 Å². The van der Waals surface area contributed by atoms with Gasteiger partial charge in [-0.3, -0.25) is 28.9 Å². The first-order valence-electron chi connectivity index (χ1n) is 24.7. The average Bonchev–Trinajstić information content (AvgIpc) is 3.88. The van der Waals surface area contributed by atoms with Crippen LogP contribution >= 0.6 is 11.8 Å². The Morgan fingerprint density at radius 2 is 1.36 bits per heavy atom. The Hall–Kier alpha value is -5.45. The van der Waals surface area contributed by atoms with E-state index in [0.29, 0.717) is 77.1 Å². The molecule has 1 aliphatic heterocycles. The summed E-state index contributed by atoms with van der Waals surface area (Å²) in [6, 6.07) is 15.3. The SMILES string of the molecule is CC(C)(C)[C@H](c1cc(-c2cc(F)ccc2F)cn1Cc1ccccc1)N(CCCNC(=O)OCC[Si](C)(C)C)C(=O)CSCCC(=O)NCCOCCOCCOCCOCCNC(=O)CN1C(=O)C=CC1=O. The molecular formula is C52H74F2N6O11SSi. The number of hydrogen-bond acceptors (Lipinski definition) is 12. The quantitative estimate of drug-likeness (QED) is 0.0349. The van der Waals surface area contributed by atoms with E-state index in [9.17, 15) is 33.2 Å². The zero-order chi connectivity index (χ0) is 53.2. The lowest BCUT2D eigenvalue weighted by Gasteiger charge is -2.41. The first kappa shape index (κ1) is 60.1. The van der Waals surface area contributed by atoms with Crippen molar-refractivity contribution in [3.8, 4) is 11.1 Å². The van der Waals surface area contributed by atoms with Crippen LogP contribution in [0.25, 0.3) is 11.1 Å². The number of imide groups is 1. The van der Waals surface area contributed by atoms with Gasteiger partial charge < -0.3 is 49.1 Å². The van der Waals surface area contributed by atoms with Gasteiger partial charge in [-0.25, -0.2) is 13.6 Å². The highest BCUT2D eigenvalue weighted by atomic mass is 32.2. The van der Waals surface area contributed by atoms with Crippen molar-refractivity contribution in [2.24, 2.45) is 5.41 Å². The predicted molar refractivity (Wildman–Crippen MR) is 278 cm³/mol. The molecule has 402 valence electrons. The van der Waals surface area contributed by atoms with Gasteiger partial charge in [0, 0.05) is 88.1 Å². The lowest BCUT2D eigenvalue weighted by molar-refractivity contribution is -0.141. The largest absolute Gasteiger partial charge is 0.450 e. The van der Waals surface area contributed by atoms with Crippen LogP contribution in [0.1, 0.15) is 50.9 Å². The summed E-state index contributed by atoms with van der Waals surface area (Å²) in [4.78, 5) is 77.4. The van der Waals surface area contributed by atoms with Crippen molar-refractivity contribution < 1.29 is 61.2 Å². The molecule has 1 aliphatic rings. The van der Waals surface area contributed by atoms with Gasteiger partial charge in [0.05, 0.1) is 71.3 Å². The van der Waals surface area contributed by atoms with E-state index in [1.807, 2.05) is 61.7 Å². The summed E-state index contributed by atoms with van der Waals surface area (Å²) < 4.78 is 59.2. The van der Waals surface area contributed by atoms with Crippen LogP contribution in [0.15, 0.2) is 72.9 Å². The van der Waals surface area contributed by atoms with Crippen LogP contribution in [-0.4, -0.2) is 162 Å². The number of carbonyl (C=O) groups excluding carboxylic acids is 6. The molecule has 2 aromatic carbocycles. The summed E-state index contributed by atoms with van der Waals surface area (Å²) in [6.45, 7) is 16.7. The maximum atomic E-state index is 15.3. The molecule has 0 bridgehead atoms. The van der Waals surface area contributed by atoms with Crippen molar-refractivity contribution >= 4 is 55.5 Å². The van der Waals surface area contributed by atoms with E-state index >= 15 is 4.39 Å². The standard InChI is InChI=1S/C52H74F2N6O11SSi/c1-52(2,3)50(44-33-40(42-34-41(53)13-14-43(42)54)36-58(44)35-39-11-8-7-9-12-39)59(21-10-18-57-51(66)71-30-32-73(4,5)6)49(65)38-72-31-17-45(61)55-19-22-67-24-26-69-28-29-70-27-25-68-23-20-56-46(62)37-60-47(63)15-16-48(60)64/h7-9,11-16,33-34,36,50H,10,17-32,35,37-38H2,1-6H3,(H,55,61)(H,56,62)(H,57,66)/t50-/m0/s1. The molecule has 17 nitrogen and oxygen atoms in total. The molecule has 4 rings (SSSR count). The van der Waals surface area contributed by atoms with E-state index in [-0.39, 0.29) is 68.9 Å². The van der Waals surface area contributed by atoms with Crippen LogP contribution in [-0.2, 0) is 54.2 Å². The third kappa shape index (κ3) is 22.7. The molecule has 0 unspecified atom stereocenters. The fraction of sp³-hybridized carbons (Fsp3) is 0.538. The number of halogens is 2.